The highest BCUT2D eigenvalue weighted by Crippen LogP contribution is 2.36. The van der Waals surface area contributed by atoms with E-state index in [9.17, 15) is 9.59 Å². The van der Waals surface area contributed by atoms with Crippen LogP contribution in [-0.4, -0.2) is 86.4 Å². The number of methoxy groups -OCH3 is 2. The van der Waals surface area contributed by atoms with E-state index in [2.05, 4.69) is 34.6 Å². The second-order valence-electron chi connectivity index (χ2n) is 11.0. The number of rotatable bonds is 13. The summed E-state index contributed by atoms with van der Waals surface area (Å²) in [6.07, 6.45) is 1.43. The van der Waals surface area contributed by atoms with Crippen LogP contribution in [0.1, 0.15) is 36.4 Å². The van der Waals surface area contributed by atoms with Crippen LogP contribution in [0.5, 0.6) is 11.5 Å². The third-order valence-corrected chi connectivity index (χ3v) is 7.55. The van der Waals surface area contributed by atoms with Gasteiger partial charge in [0.2, 0.25) is 23.5 Å². The van der Waals surface area contributed by atoms with Crippen LogP contribution in [0, 0.1) is 13.8 Å². The number of nitrogens with zero attached hydrogens (tertiary/aromatic N) is 4. The Morgan fingerprint density at radius 2 is 1.67 bits per heavy atom. The third kappa shape index (κ3) is 8.39. The van der Waals surface area contributed by atoms with E-state index in [0.717, 1.165) is 27.9 Å². The normalized spacial score (nSPS) is 12.5. The molecule has 0 fully saturated rings. The quantitative estimate of drug-likeness (QED) is 0.279. The Hall–Kier alpha value is -3.83. The number of anilines is 1. The first-order valence-electron chi connectivity index (χ1n) is 14.2. The van der Waals surface area contributed by atoms with Gasteiger partial charge in [0, 0.05) is 50.4 Å². The van der Waals surface area contributed by atoms with Crippen molar-refractivity contribution in [1.82, 2.24) is 25.7 Å². The minimum atomic E-state index is -0.163. The topological polar surface area (TPSA) is 122 Å². The molecule has 2 N–H and O–H groups in total. The number of fused-ring (bicyclic) bond motifs is 1. The van der Waals surface area contributed by atoms with Gasteiger partial charge in [-0.25, -0.2) is 0 Å². The van der Waals surface area contributed by atoms with Gasteiger partial charge in [-0.2, -0.15) is 4.98 Å². The van der Waals surface area contributed by atoms with Crippen LogP contribution in [0.2, 0.25) is 0 Å². The van der Waals surface area contributed by atoms with Gasteiger partial charge in [-0.1, -0.05) is 31.1 Å². The number of carbonyl (C=O) groups excluding carboxylic acids is 2. The van der Waals surface area contributed by atoms with Crippen LogP contribution in [0.3, 0.4) is 0 Å². The Labute approximate surface area is 259 Å². The monoisotopic (exact) mass is 614 g/mol. The maximum atomic E-state index is 13.8. The van der Waals surface area contributed by atoms with Gasteiger partial charge in [0.05, 0.1) is 27.3 Å². The molecular formula is C31H43ClN6O5. The zero-order valence-electron chi connectivity index (χ0n) is 26.0. The number of aromatic nitrogens is 2. The molecule has 1 aliphatic rings. The standard InChI is InChI=1S/C31H42N6O5.ClH/c1-19(2)32-10-11-33-29(38)17-37(26-14-22(9-8-20(26)3)31-34-21(4)42-35-31)18-30(39)36(5)25-12-23-15-27(40-6)28(41-7)16-24(23)13-25;/h8-9,14-16,19,25,32H,10-13,17-18H2,1-7H3,(H,33,38);1H. The number of carbonyl (C=O) groups is 2. The molecule has 43 heavy (non-hydrogen) atoms. The average Bonchev–Trinajstić information content (AvgIpc) is 3.59. The van der Waals surface area contributed by atoms with E-state index in [1.807, 2.05) is 49.2 Å². The van der Waals surface area contributed by atoms with Crippen LogP contribution in [0.4, 0.5) is 5.69 Å². The van der Waals surface area contributed by atoms with Crippen molar-refractivity contribution in [3.05, 3.63) is 52.9 Å². The fraction of sp³-hybridized carbons (Fsp3) is 0.484. The van der Waals surface area contributed by atoms with Gasteiger partial charge in [0.15, 0.2) is 11.5 Å². The van der Waals surface area contributed by atoms with Crippen LogP contribution in [0.15, 0.2) is 34.9 Å². The van der Waals surface area contributed by atoms with Gasteiger partial charge in [-0.15, -0.1) is 12.4 Å². The summed E-state index contributed by atoms with van der Waals surface area (Å²) in [5, 5.41) is 10.3. The minimum absolute atomic E-state index is 0. The van der Waals surface area contributed by atoms with Crippen LogP contribution >= 0.6 is 12.4 Å². The number of halogens is 1. The Balaban J connectivity index is 0.00000506. The highest BCUT2D eigenvalue weighted by atomic mass is 35.5. The van der Waals surface area contributed by atoms with E-state index in [0.29, 0.717) is 55.2 Å². The first kappa shape index (κ1) is 33.7. The number of amides is 2. The molecular weight excluding hydrogens is 572 g/mol. The van der Waals surface area contributed by atoms with Crippen LogP contribution in [-0.2, 0) is 22.4 Å². The van der Waals surface area contributed by atoms with Gasteiger partial charge in [-0.05, 0) is 54.7 Å². The predicted molar refractivity (Wildman–Crippen MR) is 168 cm³/mol. The van der Waals surface area contributed by atoms with Crippen molar-refractivity contribution in [2.75, 3.05) is 52.3 Å². The van der Waals surface area contributed by atoms with E-state index in [1.54, 1.807) is 26.0 Å². The molecule has 3 aromatic rings. The Kier molecular flexibility index (Phi) is 11.8. The summed E-state index contributed by atoms with van der Waals surface area (Å²) in [5.41, 5.74) is 4.71. The first-order valence-corrected chi connectivity index (χ1v) is 14.2. The predicted octanol–water partition coefficient (Wildman–Crippen LogP) is 3.34. The van der Waals surface area contributed by atoms with E-state index in [1.165, 1.54) is 0 Å². The zero-order valence-corrected chi connectivity index (χ0v) is 26.8. The fourth-order valence-corrected chi connectivity index (χ4v) is 5.20. The largest absolute Gasteiger partial charge is 0.493 e. The van der Waals surface area contributed by atoms with Crippen molar-refractivity contribution in [3.63, 3.8) is 0 Å². The number of aryl methyl sites for hydroxylation is 2. The lowest BCUT2D eigenvalue weighted by molar-refractivity contribution is -0.130. The van der Waals surface area contributed by atoms with E-state index < -0.39 is 0 Å². The molecule has 12 heteroatoms. The number of hydrogen-bond acceptors (Lipinski definition) is 9. The molecule has 0 spiro atoms. The molecule has 0 aliphatic heterocycles. The number of ether oxygens (including phenoxy) is 2. The molecule has 0 unspecified atom stereocenters. The van der Waals surface area contributed by atoms with Crippen molar-refractivity contribution >= 4 is 29.9 Å². The zero-order chi connectivity index (χ0) is 30.4. The smallest absolute Gasteiger partial charge is 0.242 e. The molecule has 4 rings (SSSR count). The van der Waals surface area contributed by atoms with Gasteiger partial charge in [0.1, 0.15) is 0 Å². The Bertz CT molecular complexity index is 1380. The summed E-state index contributed by atoms with van der Waals surface area (Å²) < 4.78 is 16.1. The number of likely N-dealkylation sites (N-methyl/N-ethyl adjacent to an activating group) is 1. The number of nitrogens with one attached hydrogen (secondary N) is 2. The molecule has 0 radical (unpaired) electrons. The molecule has 11 nitrogen and oxygen atoms in total. The van der Waals surface area contributed by atoms with Crippen LogP contribution < -0.4 is 25.0 Å². The molecule has 0 saturated carbocycles. The molecule has 2 amide bonds. The summed E-state index contributed by atoms with van der Waals surface area (Å²) in [5.74, 6) is 2.03. The van der Waals surface area contributed by atoms with Crippen molar-refractivity contribution < 1.29 is 23.6 Å². The van der Waals surface area contributed by atoms with E-state index >= 15 is 0 Å². The van der Waals surface area contributed by atoms with Crippen molar-refractivity contribution in [2.24, 2.45) is 0 Å². The molecule has 0 atom stereocenters. The maximum absolute atomic E-state index is 13.8. The molecule has 234 valence electrons. The summed E-state index contributed by atoms with van der Waals surface area (Å²) >= 11 is 0. The average molecular weight is 615 g/mol. The highest BCUT2D eigenvalue weighted by molar-refractivity contribution is 5.87. The third-order valence-electron chi connectivity index (χ3n) is 7.55. The van der Waals surface area contributed by atoms with E-state index in [4.69, 9.17) is 14.0 Å². The van der Waals surface area contributed by atoms with Gasteiger partial charge in [0.25, 0.3) is 0 Å². The fourth-order valence-electron chi connectivity index (χ4n) is 5.20. The molecule has 2 aromatic carbocycles. The lowest BCUT2D eigenvalue weighted by atomic mass is 10.1. The first-order chi connectivity index (χ1) is 20.1. The SMILES string of the molecule is COc1cc2c(cc1OC)CC(N(C)C(=O)CN(CC(=O)NCCNC(C)C)c1cc(-c3noc(C)n3)ccc1C)C2.Cl. The molecule has 1 aliphatic carbocycles. The minimum Gasteiger partial charge on any atom is -0.493 e. The summed E-state index contributed by atoms with van der Waals surface area (Å²) in [6, 6.07) is 10.1. The van der Waals surface area contributed by atoms with Crippen LogP contribution in [0.25, 0.3) is 11.4 Å². The molecule has 0 bridgehead atoms. The van der Waals surface area contributed by atoms with E-state index in [-0.39, 0.29) is 43.4 Å². The second kappa shape index (κ2) is 15.1. The van der Waals surface area contributed by atoms with Crippen molar-refractivity contribution in [3.8, 4) is 22.9 Å². The summed E-state index contributed by atoms with van der Waals surface area (Å²) in [6.45, 7) is 9.02. The van der Waals surface area contributed by atoms with Crippen molar-refractivity contribution in [1.29, 1.82) is 0 Å². The highest BCUT2D eigenvalue weighted by Gasteiger charge is 2.30. The van der Waals surface area contributed by atoms with Crippen molar-refractivity contribution in [2.45, 2.75) is 52.6 Å². The lowest BCUT2D eigenvalue weighted by Gasteiger charge is -2.30. The van der Waals surface area contributed by atoms with Gasteiger partial charge >= 0.3 is 0 Å². The number of benzene rings is 2. The molecule has 1 heterocycles. The Morgan fingerprint density at radius 3 is 2.23 bits per heavy atom. The van der Waals surface area contributed by atoms with Gasteiger partial charge < -0.3 is 34.4 Å². The number of hydrogen-bond donors (Lipinski definition) is 2. The second-order valence-corrected chi connectivity index (χ2v) is 11.0. The Morgan fingerprint density at radius 1 is 1.02 bits per heavy atom. The lowest BCUT2D eigenvalue weighted by Crippen LogP contribution is -2.47. The molecule has 1 aromatic heterocycles. The maximum Gasteiger partial charge on any atom is 0.242 e. The van der Waals surface area contributed by atoms with Gasteiger partial charge in [-0.3, -0.25) is 9.59 Å². The molecule has 0 saturated heterocycles. The summed E-state index contributed by atoms with van der Waals surface area (Å²) in [7, 11) is 5.07. The summed E-state index contributed by atoms with van der Waals surface area (Å²) in [4.78, 5) is 34.8.